The second-order valence-electron chi connectivity index (χ2n) is 11.1. The van der Waals surface area contributed by atoms with Crippen molar-refractivity contribution in [1.82, 2.24) is 30.4 Å². The van der Waals surface area contributed by atoms with E-state index in [0.29, 0.717) is 18.2 Å². The molecule has 10 nitrogen and oxygen atoms in total. The molecule has 1 amide bonds. The lowest BCUT2D eigenvalue weighted by Gasteiger charge is -2.29. The average Bonchev–Trinajstić information content (AvgIpc) is 3.50. The van der Waals surface area contributed by atoms with Gasteiger partial charge in [0, 0.05) is 67.3 Å². The van der Waals surface area contributed by atoms with Crippen molar-refractivity contribution in [3.8, 4) is 28.3 Å². The van der Waals surface area contributed by atoms with Crippen LogP contribution < -0.4 is 15.4 Å². The van der Waals surface area contributed by atoms with E-state index in [2.05, 4.69) is 37.9 Å². The van der Waals surface area contributed by atoms with E-state index < -0.39 is 0 Å². The Bertz CT molecular complexity index is 1460. The standard InChI is InChI=1S/C31H37N7O3/c1-31(2,3)37-28(39)20-41-25-7-5-6-22(16-25)29-35-27-12-13-38(14-15-40-4)19-26(27)30(36-29)34-24-10-8-21(9-11-24)23-17-32-33-18-23/h5-11,16-18H,12-15,19-20H2,1-4H3,(H,32,33)(H,37,39)(H,34,35,36). The third kappa shape index (κ3) is 7.47. The van der Waals surface area contributed by atoms with Gasteiger partial charge < -0.3 is 20.1 Å². The molecule has 2 aromatic heterocycles. The van der Waals surface area contributed by atoms with E-state index in [9.17, 15) is 4.79 Å². The number of aromatic nitrogens is 4. The van der Waals surface area contributed by atoms with Crippen molar-refractivity contribution in [3.05, 3.63) is 72.2 Å². The van der Waals surface area contributed by atoms with Crippen LogP contribution in [-0.2, 0) is 22.5 Å². The van der Waals surface area contributed by atoms with Gasteiger partial charge in [-0.2, -0.15) is 5.10 Å². The van der Waals surface area contributed by atoms with E-state index in [-0.39, 0.29) is 18.1 Å². The lowest BCUT2D eigenvalue weighted by Crippen LogP contribution is -2.43. The van der Waals surface area contributed by atoms with Crippen molar-refractivity contribution in [2.75, 3.05) is 38.7 Å². The fourth-order valence-electron chi connectivity index (χ4n) is 4.73. The van der Waals surface area contributed by atoms with Crippen LogP contribution in [0.2, 0.25) is 0 Å². The molecule has 3 heterocycles. The van der Waals surface area contributed by atoms with E-state index in [4.69, 9.17) is 19.4 Å². The zero-order chi connectivity index (χ0) is 28.8. The molecule has 0 fully saturated rings. The molecule has 1 aliphatic rings. The van der Waals surface area contributed by atoms with Crippen molar-refractivity contribution in [1.29, 1.82) is 0 Å². The number of nitrogens with zero attached hydrogens (tertiary/aromatic N) is 4. The quantitative estimate of drug-likeness (QED) is 0.260. The zero-order valence-corrected chi connectivity index (χ0v) is 24.0. The summed E-state index contributed by atoms with van der Waals surface area (Å²) in [5.41, 5.74) is 5.65. The molecule has 0 aliphatic carbocycles. The van der Waals surface area contributed by atoms with E-state index in [1.807, 2.05) is 63.4 Å². The summed E-state index contributed by atoms with van der Waals surface area (Å²) < 4.78 is 11.1. The van der Waals surface area contributed by atoms with Gasteiger partial charge in [-0.3, -0.25) is 14.8 Å². The monoisotopic (exact) mass is 555 g/mol. The number of nitrogens with one attached hydrogen (secondary N) is 3. The fraction of sp³-hybridized carbons (Fsp3) is 0.355. The Hall–Kier alpha value is -4.28. The molecule has 3 N–H and O–H groups in total. The molecule has 0 radical (unpaired) electrons. The summed E-state index contributed by atoms with van der Waals surface area (Å²) in [5.74, 6) is 1.80. The van der Waals surface area contributed by atoms with E-state index >= 15 is 0 Å². The van der Waals surface area contributed by atoms with Crippen molar-refractivity contribution < 1.29 is 14.3 Å². The van der Waals surface area contributed by atoms with Crippen molar-refractivity contribution in [2.45, 2.75) is 39.3 Å². The Labute approximate surface area is 240 Å². The van der Waals surface area contributed by atoms with Gasteiger partial charge in [0.1, 0.15) is 11.6 Å². The zero-order valence-electron chi connectivity index (χ0n) is 24.0. The first-order chi connectivity index (χ1) is 19.8. The number of aromatic amines is 1. The third-order valence-corrected chi connectivity index (χ3v) is 6.71. The van der Waals surface area contributed by atoms with Crippen LogP contribution in [0.1, 0.15) is 32.0 Å². The molecule has 5 rings (SSSR count). The molecule has 0 atom stereocenters. The number of ether oxygens (including phenoxy) is 2. The van der Waals surface area contributed by atoms with Gasteiger partial charge in [0.25, 0.3) is 5.91 Å². The van der Waals surface area contributed by atoms with Crippen LogP contribution in [0.3, 0.4) is 0 Å². The number of hydrogen-bond acceptors (Lipinski definition) is 8. The summed E-state index contributed by atoms with van der Waals surface area (Å²) in [5, 5.41) is 13.4. The molecule has 0 bridgehead atoms. The van der Waals surface area contributed by atoms with E-state index in [0.717, 1.165) is 65.5 Å². The summed E-state index contributed by atoms with van der Waals surface area (Å²) in [6, 6.07) is 15.8. The molecular formula is C31H37N7O3. The highest BCUT2D eigenvalue weighted by Gasteiger charge is 2.23. The van der Waals surface area contributed by atoms with Crippen LogP contribution in [0, 0.1) is 0 Å². The molecule has 2 aromatic carbocycles. The molecule has 0 spiro atoms. The van der Waals surface area contributed by atoms with Gasteiger partial charge in [-0.25, -0.2) is 9.97 Å². The first-order valence-corrected chi connectivity index (χ1v) is 13.8. The summed E-state index contributed by atoms with van der Waals surface area (Å²) in [6.07, 6.45) is 4.49. The number of H-pyrrole nitrogens is 1. The lowest BCUT2D eigenvalue weighted by molar-refractivity contribution is -0.124. The molecule has 0 saturated heterocycles. The fourth-order valence-corrected chi connectivity index (χ4v) is 4.73. The Kier molecular flexibility index (Phi) is 8.61. The lowest BCUT2D eigenvalue weighted by atomic mass is 10.0. The molecule has 214 valence electrons. The van der Waals surface area contributed by atoms with Crippen LogP contribution in [0.25, 0.3) is 22.5 Å². The number of anilines is 2. The van der Waals surface area contributed by atoms with Crippen molar-refractivity contribution >= 4 is 17.4 Å². The molecule has 10 heteroatoms. The number of rotatable bonds is 10. The minimum absolute atomic E-state index is 0.0648. The Morgan fingerprint density at radius 2 is 1.90 bits per heavy atom. The Morgan fingerprint density at radius 3 is 2.63 bits per heavy atom. The van der Waals surface area contributed by atoms with Crippen LogP contribution in [-0.4, -0.2) is 69.9 Å². The number of fused-ring (bicyclic) bond motifs is 1. The second-order valence-corrected chi connectivity index (χ2v) is 11.1. The molecule has 0 saturated carbocycles. The Morgan fingerprint density at radius 1 is 1.07 bits per heavy atom. The average molecular weight is 556 g/mol. The topological polar surface area (TPSA) is 117 Å². The number of carbonyl (C=O) groups is 1. The van der Waals surface area contributed by atoms with Gasteiger partial charge in [-0.1, -0.05) is 24.3 Å². The van der Waals surface area contributed by atoms with Gasteiger partial charge >= 0.3 is 0 Å². The Balaban J connectivity index is 1.41. The predicted octanol–water partition coefficient (Wildman–Crippen LogP) is 4.58. The number of amides is 1. The third-order valence-electron chi connectivity index (χ3n) is 6.71. The first kappa shape index (κ1) is 28.3. The molecule has 4 aromatic rings. The SMILES string of the molecule is COCCN1CCc2nc(-c3cccc(OCC(=O)NC(C)(C)C)c3)nc(Nc3ccc(-c4cn[nH]c4)cc3)c2C1. The summed E-state index contributed by atoms with van der Waals surface area (Å²) in [6.45, 7) is 8.91. The van der Waals surface area contributed by atoms with Crippen molar-refractivity contribution in [3.63, 3.8) is 0 Å². The largest absolute Gasteiger partial charge is 0.484 e. The smallest absolute Gasteiger partial charge is 0.258 e. The molecule has 41 heavy (non-hydrogen) atoms. The number of benzene rings is 2. The number of hydrogen-bond donors (Lipinski definition) is 3. The first-order valence-electron chi connectivity index (χ1n) is 13.8. The van der Waals surface area contributed by atoms with E-state index in [1.165, 1.54) is 0 Å². The van der Waals surface area contributed by atoms with Gasteiger partial charge in [0.15, 0.2) is 12.4 Å². The van der Waals surface area contributed by atoms with Gasteiger partial charge in [0.05, 0.1) is 18.5 Å². The summed E-state index contributed by atoms with van der Waals surface area (Å²) in [7, 11) is 1.72. The normalized spacial score (nSPS) is 13.5. The summed E-state index contributed by atoms with van der Waals surface area (Å²) in [4.78, 5) is 24.6. The van der Waals surface area contributed by atoms with E-state index in [1.54, 1.807) is 13.3 Å². The second kappa shape index (κ2) is 12.5. The van der Waals surface area contributed by atoms with Gasteiger partial charge in [0.2, 0.25) is 0 Å². The van der Waals surface area contributed by atoms with Gasteiger partial charge in [-0.05, 0) is 50.6 Å². The maximum atomic E-state index is 12.3. The predicted molar refractivity (Wildman–Crippen MR) is 159 cm³/mol. The highest BCUT2D eigenvalue weighted by Crippen LogP contribution is 2.31. The molecule has 0 unspecified atom stereocenters. The van der Waals surface area contributed by atoms with Crippen LogP contribution in [0.15, 0.2) is 60.9 Å². The van der Waals surface area contributed by atoms with Crippen LogP contribution in [0.5, 0.6) is 5.75 Å². The van der Waals surface area contributed by atoms with Gasteiger partial charge in [-0.15, -0.1) is 0 Å². The number of methoxy groups -OCH3 is 1. The number of carbonyl (C=O) groups excluding carboxylic acids is 1. The highest BCUT2D eigenvalue weighted by atomic mass is 16.5. The van der Waals surface area contributed by atoms with Crippen LogP contribution in [0.4, 0.5) is 11.5 Å². The highest BCUT2D eigenvalue weighted by molar-refractivity contribution is 5.78. The maximum absolute atomic E-state index is 12.3. The summed E-state index contributed by atoms with van der Waals surface area (Å²) >= 11 is 0. The van der Waals surface area contributed by atoms with Crippen molar-refractivity contribution in [2.24, 2.45) is 0 Å². The maximum Gasteiger partial charge on any atom is 0.258 e. The minimum atomic E-state index is -0.318. The van der Waals surface area contributed by atoms with Crippen LogP contribution >= 0.6 is 0 Å². The minimum Gasteiger partial charge on any atom is -0.484 e. The molecule has 1 aliphatic heterocycles. The molecular weight excluding hydrogens is 518 g/mol.